The molecule has 3 atom stereocenters. The first-order chi connectivity index (χ1) is 16.0. The summed E-state index contributed by atoms with van der Waals surface area (Å²) in [7, 11) is 1.31. The van der Waals surface area contributed by atoms with Gasteiger partial charge in [-0.05, 0) is 36.1 Å². The van der Waals surface area contributed by atoms with E-state index in [0.717, 1.165) is 5.56 Å². The standard InChI is InChI=1S/C23H32N4O4S2/c1-30-23(29)19(10-12-33-2)27-21(28)20(13-16-7-4-3-5-8-16)31-22-18(9-6-11-25-22)26-14-17(24)15-32/h3-9,11,17,19-20,26,32H,10,12-15,24H2,1-2H3,(H,27,28)/t17?,19?,20-/m0/s1. The predicted octanol–water partition coefficient (Wildman–Crippen LogP) is 2.15. The Kier molecular flexibility index (Phi) is 11.9. The van der Waals surface area contributed by atoms with Crippen molar-refractivity contribution in [1.29, 1.82) is 0 Å². The van der Waals surface area contributed by atoms with Crippen LogP contribution in [0.15, 0.2) is 48.7 Å². The molecule has 0 aliphatic carbocycles. The highest BCUT2D eigenvalue weighted by Crippen LogP contribution is 2.23. The van der Waals surface area contributed by atoms with Crippen molar-refractivity contribution in [3.05, 3.63) is 54.2 Å². The molecular formula is C23H32N4O4S2. The van der Waals surface area contributed by atoms with Crippen molar-refractivity contribution < 1.29 is 19.1 Å². The largest absolute Gasteiger partial charge is 0.467 e. The van der Waals surface area contributed by atoms with E-state index in [0.29, 0.717) is 36.6 Å². The van der Waals surface area contributed by atoms with Crippen LogP contribution >= 0.6 is 24.4 Å². The molecule has 1 aromatic heterocycles. The summed E-state index contributed by atoms with van der Waals surface area (Å²) in [5, 5.41) is 5.99. The SMILES string of the molecule is COC(=O)C(CCSC)NC(=O)[C@H](Cc1ccccc1)Oc1ncccc1NCC(N)CS. The number of carbonyl (C=O) groups is 2. The van der Waals surface area contributed by atoms with Gasteiger partial charge >= 0.3 is 5.97 Å². The quantitative estimate of drug-likeness (QED) is 0.234. The third kappa shape index (κ3) is 9.15. The van der Waals surface area contributed by atoms with Gasteiger partial charge in [0, 0.05) is 31.0 Å². The lowest BCUT2D eigenvalue weighted by atomic mass is 10.1. The van der Waals surface area contributed by atoms with Crippen molar-refractivity contribution in [2.75, 3.05) is 36.7 Å². The molecule has 0 fully saturated rings. The topological polar surface area (TPSA) is 116 Å². The number of pyridine rings is 1. The Bertz CT molecular complexity index is 873. The Morgan fingerprint density at radius 3 is 2.64 bits per heavy atom. The van der Waals surface area contributed by atoms with Crippen LogP contribution in [-0.2, 0) is 20.7 Å². The van der Waals surface area contributed by atoms with Crippen LogP contribution in [0.3, 0.4) is 0 Å². The number of nitrogens with one attached hydrogen (secondary N) is 2. The van der Waals surface area contributed by atoms with Gasteiger partial charge in [-0.15, -0.1) is 0 Å². The zero-order valence-electron chi connectivity index (χ0n) is 18.9. The number of nitrogens with two attached hydrogens (primary N) is 1. The van der Waals surface area contributed by atoms with Crippen LogP contribution in [-0.4, -0.2) is 66.5 Å². The monoisotopic (exact) mass is 492 g/mol. The van der Waals surface area contributed by atoms with E-state index in [1.807, 2.05) is 36.6 Å². The van der Waals surface area contributed by atoms with E-state index < -0.39 is 24.0 Å². The first kappa shape index (κ1) is 26.8. The molecule has 180 valence electrons. The molecule has 0 aliphatic heterocycles. The molecule has 2 unspecified atom stereocenters. The molecule has 4 N–H and O–H groups in total. The molecule has 8 nitrogen and oxygen atoms in total. The molecule has 10 heteroatoms. The fraction of sp³-hybridized carbons (Fsp3) is 0.435. The second-order valence-corrected chi connectivity index (χ2v) is 8.69. The van der Waals surface area contributed by atoms with Crippen molar-refractivity contribution >= 4 is 42.0 Å². The zero-order chi connectivity index (χ0) is 24.1. The van der Waals surface area contributed by atoms with E-state index in [1.54, 1.807) is 30.1 Å². The summed E-state index contributed by atoms with van der Waals surface area (Å²) in [6, 6.07) is 12.2. The fourth-order valence-corrected chi connectivity index (χ4v) is 3.57. The maximum absolute atomic E-state index is 13.2. The second kappa shape index (κ2) is 14.7. The van der Waals surface area contributed by atoms with Gasteiger partial charge in [0.2, 0.25) is 5.88 Å². The minimum Gasteiger partial charge on any atom is -0.467 e. The average molecular weight is 493 g/mol. The van der Waals surface area contributed by atoms with Crippen LogP contribution < -0.4 is 21.1 Å². The minimum absolute atomic E-state index is 0.151. The van der Waals surface area contributed by atoms with Crippen LogP contribution in [0.4, 0.5) is 5.69 Å². The number of methoxy groups -OCH3 is 1. The lowest BCUT2D eigenvalue weighted by Gasteiger charge is -2.23. The van der Waals surface area contributed by atoms with Crippen LogP contribution in [0, 0.1) is 0 Å². The summed E-state index contributed by atoms with van der Waals surface area (Å²) in [5.74, 6) is 0.590. The maximum atomic E-state index is 13.2. The number of benzene rings is 1. The highest BCUT2D eigenvalue weighted by Gasteiger charge is 2.28. The molecule has 2 aromatic rings. The average Bonchev–Trinajstić information content (AvgIpc) is 2.85. The van der Waals surface area contributed by atoms with E-state index in [-0.39, 0.29) is 11.9 Å². The Balaban J connectivity index is 2.24. The highest BCUT2D eigenvalue weighted by molar-refractivity contribution is 7.98. The molecule has 2 rings (SSSR count). The minimum atomic E-state index is -0.914. The van der Waals surface area contributed by atoms with Crippen LogP contribution in [0.25, 0.3) is 0 Å². The third-order valence-corrected chi connectivity index (χ3v) is 5.90. The van der Waals surface area contributed by atoms with Crippen molar-refractivity contribution in [1.82, 2.24) is 10.3 Å². The molecule has 0 bridgehead atoms. The molecule has 0 saturated carbocycles. The number of amides is 1. The van der Waals surface area contributed by atoms with Gasteiger partial charge in [0.05, 0.1) is 12.8 Å². The number of ether oxygens (including phenoxy) is 2. The van der Waals surface area contributed by atoms with Crippen molar-refractivity contribution in [3.8, 4) is 5.88 Å². The van der Waals surface area contributed by atoms with Crippen molar-refractivity contribution in [2.45, 2.75) is 31.0 Å². The lowest BCUT2D eigenvalue weighted by molar-refractivity contribution is -0.146. The Labute approximate surface area is 204 Å². The first-order valence-corrected chi connectivity index (χ1v) is 12.6. The lowest BCUT2D eigenvalue weighted by Crippen LogP contribution is -2.48. The summed E-state index contributed by atoms with van der Waals surface area (Å²) < 4.78 is 11.0. The number of hydrogen-bond donors (Lipinski definition) is 4. The molecule has 0 radical (unpaired) electrons. The number of esters is 1. The highest BCUT2D eigenvalue weighted by atomic mass is 32.2. The van der Waals surface area contributed by atoms with Gasteiger partial charge in [-0.1, -0.05) is 30.3 Å². The van der Waals surface area contributed by atoms with Crippen LogP contribution in [0.2, 0.25) is 0 Å². The van der Waals surface area contributed by atoms with E-state index in [4.69, 9.17) is 15.2 Å². The summed E-state index contributed by atoms with van der Waals surface area (Å²) >= 11 is 5.79. The number of thiol groups is 1. The zero-order valence-corrected chi connectivity index (χ0v) is 20.6. The van der Waals surface area contributed by atoms with E-state index in [9.17, 15) is 9.59 Å². The van der Waals surface area contributed by atoms with Crippen LogP contribution in [0.5, 0.6) is 5.88 Å². The predicted molar refractivity (Wildman–Crippen MR) is 136 cm³/mol. The summed E-state index contributed by atoms with van der Waals surface area (Å²) in [6.45, 7) is 0.472. The number of carbonyl (C=O) groups excluding carboxylic acids is 2. The maximum Gasteiger partial charge on any atom is 0.328 e. The molecule has 1 heterocycles. The van der Waals surface area contributed by atoms with Crippen LogP contribution in [0.1, 0.15) is 12.0 Å². The number of rotatable bonds is 14. The number of nitrogens with zero attached hydrogens (tertiary/aromatic N) is 1. The fourth-order valence-electron chi connectivity index (χ4n) is 2.97. The Morgan fingerprint density at radius 2 is 1.97 bits per heavy atom. The molecule has 1 aromatic carbocycles. The number of anilines is 1. The molecule has 0 spiro atoms. The molecule has 0 saturated heterocycles. The molecule has 1 amide bonds. The van der Waals surface area contributed by atoms with Gasteiger partial charge in [-0.3, -0.25) is 4.79 Å². The van der Waals surface area contributed by atoms with E-state index in [1.165, 1.54) is 7.11 Å². The normalized spacial score (nSPS) is 13.5. The van der Waals surface area contributed by atoms with E-state index >= 15 is 0 Å². The number of thioether (sulfide) groups is 1. The van der Waals surface area contributed by atoms with Gasteiger partial charge in [0.1, 0.15) is 6.04 Å². The van der Waals surface area contributed by atoms with Gasteiger partial charge in [0.15, 0.2) is 6.10 Å². The number of aromatic nitrogens is 1. The van der Waals surface area contributed by atoms with Crippen molar-refractivity contribution in [2.24, 2.45) is 5.73 Å². The summed E-state index contributed by atoms with van der Waals surface area (Å²) in [4.78, 5) is 29.7. The smallest absolute Gasteiger partial charge is 0.328 e. The Morgan fingerprint density at radius 1 is 1.21 bits per heavy atom. The molecule has 33 heavy (non-hydrogen) atoms. The molecule has 0 aliphatic rings. The summed E-state index contributed by atoms with van der Waals surface area (Å²) in [6.07, 6.45) is 3.37. The first-order valence-electron chi connectivity index (χ1n) is 10.6. The third-order valence-electron chi connectivity index (χ3n) is 4.78. The van der Waals surface area contributed by atoms with Gasteiger partial charge < -0.3 is 25.8 Å². The second-order valence-electron chi connectivity index (χ2n) is 7.34. The number of hydrogen-bond acceptors (Lipinski definition) is 9. The molecular weight excluding hydrogens is 460 g/mol. The van der Waals surface area contributed by atoms with Gasteiger partial charge in [0.25, 0.3) is 5.91 Å². The summed E-state index contributed by atoms with van der Waals surface area (Å²) in [5.41, 5.74) is 7.48. The van der Waals surface area contributed by atoms with Crippen molar-refractivity contribution in [3.63, 3.8) is 0 Å². The van der Waals surface area contributed by atoms with Gasteiger partial charge in [-0.2, -0.15) is 24.4 Å². The Hall–Kier alpha value is -2.43. The van der Waals surface area contributed by atoms with Gasteiger partial charge in [-0.25, -0.2) is 9.78 Å². The van der Waals surface area contributed by atoms with E-state index in [2.05, 4.69) is 28.2 Å².